The lowest BCUT2D eigenvalue weighted by molar-refractivity contribution is 0.103. The number of carbonyl (C=O) groups is 1. The number of thiophene rings is 1. The van der Waals surface area contributed by atoms with E-state index in [1.807, 2.05) is 24.4 Å². The van der Waals surface area contributed by atoms with Crippen LogP contribution in [0, 0.1) is 5.82 Å². The van der Waals surface area contributed by atoms with E-state index in [9.17, 15) is 9.18 Å². The molecule has 1 fully saturated rings. The van der Waals surface area contributed by atoms with Gasteiger partial charge in [0.15, 0.2) is 0 Å². The number of carbonyl (C=O) groups excluding carboxylic acids is 1. The largest absolute Gasteiger partial charge is 0.319 e. The number of hydrogen-bond donors (Lipinski definition) is 1. The SMILES string of the molecule is O=C(Nc1ccccc1F)c1ccc([C@@H]2CCCN2Cc2cccnc2)s1. The third kappa shape index (κ3) is 4.07. The Kier molecular flexibility index (Phi) is 5.27. The van der Waals surface area contributed by atoms with E-state index < -0.39 is 5.82 Å². The van der Waals surface area contributed by atoms with Gasteiger partial charge in [0.05, 0.1) is 10.6 Å². The number of aromatic nitrogens is 1. The first-order chi connectivity index (χ1) is 13.2. The van der Waals surface area contributed by atoms with Gasteiger partial charge in [-0.3, -0.25) is 14.7 Å². The Morgan fingerprint density at radius 3 is 2.93 bits per heavy atom. The zero-order chi connectivity index (χ0) is 18.6. The van der Waals surface area contributed by atoms with Gasteiger partial charge in [0.1, 0.15) is 5.82 Å². The Labute approximate surface area is 161 Å². The highest BCUT2D eigenvalue weighted by Crippen LogP contribution is 2.37. The lowest BCUT2D eigenvalue weighted by atomic mass is 10.1. The molecule has 0 saturated carbocycles. The van der Waals surface area contributed by atoms with E-state index in [-0.39, 0.29) is 11.6 Å². The number of anilines is 1. The van der Waals surface area contributed by atoms with Crippen molar-refractivity contribution in [1.82, 2.24) is 9.88 Å². The summed E-state index contributed by atoms with van der Waals surface area (Å²) in [5, 5.41) is 2.66. The summed E-state index contributed by atoms with van der Waals surface area (Å²) in [7, 11) is 0. The van der Waals surface area contributed by atoms with E-state index in [0.717, 1.165) is 25.9 Å². The molecule has 1 aliphatic rings. The van der Waals surface area contributed by atoms with Crippen molar-refractivity contribution in [3.63, 3.8) is 0 Å². The monoisotopic (exact) mass is 381 g/mol. The second kappa shape index (κ2) is 7.98. The molecular formula is C21H20FN3OS. The molecule has 0 bridgehead atoms. The van der Waals surface area contributed by atoms with Crippen molar-refractivity contribution in [1.29, 1.82) is 0 Å². The van der Waals surface area contributed by atoms with Gasteiger partial charge < -0.3 is 5.32 Å². The van der Waals surface area contributed by atoms with Gasteiger partial charge in [-0.2, -0.15) is 0 Å². The molecule has 6 heteroatoms. The first kappa shape index (κ1) is 17.8. The number of nitrogens with zero attached hydrogens (tertiary/aromatic N) is 2. The normalized spacial score (nSPS) is 17.1. The molecule has 27 heavy (non-hydrogen) atoms. The molecule has 4 rings (SSSR count). The van der Waals surface area contributed by atoms with Crippen LogP contribution in [0.15, 0.2) is 60.9 Å². The maximum Gasteiger partial charge on any atom is 0.265 e. The van der Waals surface area contributed by atoms with E-state index in [0.29, 0.717) is 10.9 Å². The molecule has 0 spiro atoms. The number of halogens is 1. The summed E-state index contributed by atoms with van der Waals surface area (Å²) < 4.78 is 13.8. The van der Waals surface area contributed by atoms with E-state index in [1.54, 1.807) is 24.4 Å². The summed E-state index contributed by atoms with van der Waals surface area (Å²) in [5.41, 5.74) is 1.40. The maximum absolute atomic E-state index is 13.8. The zero-order valence-electron chi connectivity index (χ0n) is 14.8. The van der Waals surface area contributed by atoms with E-state index in [4.69, 9.17) is 0 Å². The summed E-state index contributed by atoms with van der Waals surface area (Å²) in [6.45, 7) is 1.89. The predicted molar refractivity (Wildman–Crippen MR) is 105 cm³/mol. The van der Waals surface area contributed by atoms with Crippen LogP contribution in [0.1, 0.15) is 39.0 Å². The minimum atomic E-state index is -0.430. The van der Waals surface area contributed by atoms with Crippen LogP contribution in [-0.2, 0) is 6.54 Å². The Morgan fingerprint density at radius 1 is 1.22 bits per heavy atom. The summed E-state index contributed by atoms with van der Waals surface area (Å²) in [5.74, 6) is -0.700. The number of benzene rings is 1. The van der Waals surface area contributed by atoms with Gasteiger partial charge in [0.25, 0.3) is 5.91 Å². The van der Waals surface area contributed by atoms with Crippen molar-refractivity contribution < 1.29 is 9.18 Å². The average molecular weight is 381 g/mol. The maximum atomic E-state index is 13.8. The minimum Gasteiger partial charge on any atom is -0.319 e. The molecule has 1 saturated heterocycles. The molecule has 0 radical (unpaired) electrons. The van der Waals surface area contributed by atoms with Gasteiger partial charge in [-0.1, -0.05) is 18.2 Å². The van der Waals surface area contributed by atoms with Crippen molar-refractivity contribution >= 4 is 22.9 Å². The highest BCUT2D eigenvalue weighted by molar-refractivity contribution is 7.14. The van der Waals surface area contributed by atoms with Crippen LogP contribution in [0.25, 0.3) is 0 Å². The molecule has 0 aliphatic carbocycles. The predicted octanol–water partition coefficient (Wildman–Crippen LogP) is 4.87. The fourth-order valence-electron chi connectivity index (χ4n) is 3.46. The lowest BCUT2D eigenvalue weighted by Crippen LogP contribution is -2.22. The number of amides is 1. The highest BCUT2D eigenvalue weighted by Gasteiger charge is 2.28. The van der Waals surface area contributed by atoms with Crippen LogP contribution < -0.4 is 5.32 Å². The summed E-state index contributed by atoms with van der Waals surface area (Å²) in [6.07, 6.45) is 5.90. The molecule has 4 nitrogen and oxygen atoms in total. The Bertz CT molecular complexity index is 928. The van der Waals surface area contributed by atoms with Crippen molar-refractivity contribution in [3.8, 4) is 0 Å². The third-order valence-corrected chi connectivity index (χ3v) is 5.96. The minimum absolute atomic E-state index is 0.205. The molecule has 3 heterocycles. The molecule has 3 aromatic rings. The molecule has 2 aromatic heterocycles. The Balaban J connectivity index is 1.46. The van der Waals surface area contributed by atoms with Crippen LogP contribution in [0.4, 0.5) is 10.1 Å². The quantitative estimate of drug-likeness (QED) is 0.686. The van der Waals surface area contributed by atoms with E-state index in [1.165, 1.54) is 27.8 Å². The van der Waals surface area contributed by atoms with Crippen molar-refractivity contribution in [2.24, 2.45) is 0 Å². The molecule has 1 N–H and O–H groups in total. The average Bonchev–Trinajstić information content (AvgIpc) is 3.34. The molecular weight excluding hydrogens is 361 g/mol. The Morgan fingerprint density at radius 2 is 2.11 bits per heavy atom. The van der Waals surface area contributed by atoms with Crippen LogP contribution in [-0.4, -0.2) is 22.3 Å². The highest BCUT2D eigenvalue weighted by atomic mass is 32.1. The standard InChI is InChI=1S/C21H20FN3OS/c22-16-6-1-2-7-17(16)24-21(26)20-10-9-19(27-20)18-8-4-12-25(18)14-15-5-3-11-23-13-15/h1-3,5-7,9-11,13,18H,4,8,12,14H2,(H,24,26)/t18-/m0/s1. The fourth-order valence-corrected chi connectivity index (χ4v) is 4.54. The molecule has 0 unspecified atom stereocenters. The van der Waals surface area contributed by atoms with E-state index >= 15 is 0 Å². The fraction of sp³-hybridized carbons (Fsp3) is 0.238. The second-order valence-electron chi connectivity index (χ2n) is 6.63. The van der Waals surface area contributed by atoms with Gasteiger partial charge >= 0.3 is 0 Å². The molecule has 1 atom stereocenters. The smallest absolute Gasteiger partial charge is 0.265 e. The van der Waals surface area contributed by atoms with Crippen molar-refractivity contribution in [3.05, 3.63) is 82.1 Å². The Hall–Kier alpha value is -2.57. The molecule has 1 aliphatic heterocycles. The second-order valence-corrected chi connectivity index (χ2v) is 7.74. The number of hydrogen-bond acceptors (Lipinski definition) is 4. The topological polar surface area (TPSA) is 45.2 Å². The molecule has 1 aromatic carbocycles. The van der Waals surface area contributed by atoms with Crippen LogP contribution in [0.5, 0.6) is 0 Å². The molecule has 1 amide bonds. The van der Waals surface area contributed by atoms with Gasteiger partial charge in [-0.15, -0.1) is 11.3 Å². The van der Waals surface area contributed by atoms with Gasteiger partial charge in [0.2, 0.25) is 0 Å². The van der Waals surface area contributed by atoms with Crippen molar-refractivity contribution in [2.75, 3.05) is 11.9 Å². The molecule has 138 valence electrons. The number of pyridine rings is 1. The summed E-state index contributed by atoms with van der Waals surface area (Å²) >= 11 is 1.49. The zero-order valence-corrected chi connectivity index (χ0v) is 15.6. The first-order valence-corrected chi connectivity index (χ1v) is 9.81. The summed E-state index contributed by atoms with van der Waals surface area (Å²) in [6, 6.07) is 14.4. The van der Waals surface area contributed by atoms with Crippen LogP contribution in [0.2, 0.25) is 0 Å². The number of likely N-dealkylation sites (tertiary alicyclic amines) is 1. The summed E-state index contributed by atoms with van der Waals surface area (Å²) in [4.78, 5) is 20.9. The first-order valence-electron chi connectivity index (χ1n) is 8.99. The van der Waals surface area contributed by atoms with Crippen LogP contribution in [0.3, 0.4) is 0 Å². The third-order valence-electron chi connectivity index (χ3n) is 4.77. The van der Waals surface area contributed by atoms with Gasteiger partial charge in [-0.05, 0) is 55.3 Å². The van der Waals surface area contributed by atoms with Crippen molar-refractivity contribution in [2.45, 2.75) is 25.4 Å². The lowest BCUT2D eigenvalue weighted by Gasteiger charge is -2.23. The number of para-hydroxylation sites is 1. The van der Waals surface area contributed by atoms with Gasteiger partial charge in [-0.25, -0.2) is 4.39 Å². The van der Waals surface area contributed by atoms with E-state index in [2.05, 4.69) is 21.3 Å². The number of rotatable bonds is 5. The van der Waals surface area contributed by atoms with Crippen LogP contribution >= 0.6 is 11.3 Å². The van der Waals surface area contributed by atoms with Gasteiger partial charge in [0, 0.05) is 29.9 Å². The number of nitrogens with one attached hydrogen (secondary N) is 1.